The minimum absolute atomic E-state index is 0.0948. The van der Waals surface area contributed by atoms with Crippen molar-refractivity contribution >= 4 is 5.91 Å². The van der Waals surface area contributed by atoms with Crippen LogP contribution >= 0.6 is 0 Å². The van der Waals surface area contributed by atoms with Crippen LogP contribution in [0.3, 0.4) is 0 Å². The third-order valence-corrected chi connectivity index (χ3v) is 5.49. The van der Waals surface area contributed by atoms with Gasteiger partial charge in [0.1, 0.15) is 17.3 Å². The monoisotopic (exact) mass is 474 g/mol. The summed E-state index contributed by atoms with van der Waals surface area (Å²) >= 11 is 0. The van der Waals surface area contributed by atoms with Crippen LogP contribution in [0.5, 0.6) is 17.4 Å². The van der Waals surface area contributed by atoms with Crippen molar-refractivity contribution in [3.8, 4) is 23.1 Å². The fourth-order valence-electron chi connectivity index (χ4n) is 3.65. The summed E-state index contributed by atoms with van der Waals surface area (Å²) in [6.07, 6.45) is 3.05. The van der Waals surface area contributed by atoms with E-state index in [1.54, 1.807) is 30.1 Å². The zero-order chi connectivity index (χ0) is 24.6. The van der Waals surface area contributed by atoms with E-state index < -0.39 is 0 Å². The van der Waals surface area contributed by atoms with Gasteiger partial charge in [0.2, 0.25) is 11.8 Å². The van der Waals surface area contributed by atoms with Crippen molar-refractivity contribution in [1.82, 2.24) is 20.1 Å². The van der Waals surface area contributed by atoms with Gasteiger partial charge in [0.25, 0.3) is 0 Å². The molecule has 0 aliphatic heterocycles. The van der Waals surface area contributed by atoms with Crippen LogP contribution in [0.15, 0.2) is 72.9 Å². The summed E-state index contributed by atoms with van der Waals surface area (Å²) in [6.45, 7) is 2.37. The molecule has 2 heterocycles. The number of halogens is 1. The van der Waals surface area contributed by atoms with Crippen LogP contribution in [0, 0.1) is 5.82 Å². The summed E-state index contributed by atoms with van der Waals surface area (Å²) in [5.41, 5.74) is 3.24. The molecule has 2 aromatic carbocycles. The maximum Gasteiger partial charge on any atom is 0.226 e. The second-order valence-electron chi connectivity index (χ2n) is 7.85. The molecular formula is C27H27FN4O3. The molecule has 0 spiro atoms. The third-order valence-electron chi connectivity index (χ3n) is 5.49. The quantitative estimate of drug-likeness (QED) is 0.349. The Morgan fingerprint density at radius 2 is 1.77 bits per heavy atom. The number of amides is 1. The third kappa shape index (κ3) is 6.03. The molecule has 0 saturated carbocycles. The van der Waals surface area contributed by atoms with Crippen molar-refractivity contribution in [3.05, 3.63) is 95.7 Å². The van der Waals surface area contributed by atoms with E-state index in [0.29, 0.717) is 31.0 Å². The maximum atomic E-state index is 13.5. The summed E-state index contributed by atoms with van der Waals surface area (Å²) in [6, 6.07) is 18.8. The van der Waals surface area contributed by atoms with Crippen molar-refractivity contribution in [3.63, 3.8) is 0 Å². The van der Waals surface area contributed by atoms with Crippen LogP contribution in [-0.2, 0) is 24.2 Å². The first-order valence-corrected chi connectivity index (χ1v) is 11.4. The normalized spacial score (nSPS) is 10.7. The van der Waals surface area contributed by atoms with Crippen molar-refractivity contribution in [2.75, 3.05) is 7.11 Å². The number of rotatable bonds is 10. The SMILES string of the molecule is CCc1nn(-c2ccc(OC)cc2)c(Oc2ccc(F)cc2)c1CCC(=O)NCc1ccccn1. The van der Waals surface area contributed by atoms with Gasteiger partial charge in [-0.2, -0.15) is 5.10 Å². The average Bonchev–Trinajstić information content (AvgIpc) is 3.25. The highest BCUT2D eigenvalue weighted by molar-refractivity contribution is 5.76. The second-order valence-corrected chi connectivity index (χ2v) is 7.85. The van der Waals surface area contributed by atoms with Crippen molar-refractivity contribution < 1.29 is 18.7 Å². The van der Waals surface area contributed by atoms with Gasteiger partial charge < -0.3 is 14.8 Å². The molecule has 0 radical (unpaired) electrons. The fraction of sp³-hybridized carbons (Fsp3) is 0.222. The van der Waals surface area contributed by atoms with Crippen LogP contribution in [0.25, 0.3) is 5.69 Å². The molecule has 4 aromatic rings. The Kier molecular flexibility index (Phi) is 7.72. The predicted octanol–water partition coefficient (Wildman–Crippen LogP) is 5.02. The van der Waals surface area contributed by atoms with E-state index in [0.717, 1.165) is 28.4 Å². The number of carbonyl (C=O) groups is 1. The Hall–Kier alpha value is -4.20. The van der Waals surface area contributed by atoms with Crippen molar-refractivity contribution in [2.24, 2.45) is 0 Å². The summed E-state index contributed by atoms with van der Waals surface area (Å²) in [7, 11) is 1.61. The molecule has 0 fully saturated rings. The minimum atomic E-state index is -0.347. The van der Waals surface area contributed by atoms with E-state index in [1.165, 1.54) is 12.1 Å². The Labute approximate surface area is 203 Å². The van der Waals surface area contributed by atoms with Gasteiger partial charge in [0.05, 0.1) is 30.7 Å². The number of benzene rings is 2. The van der Waals surface area contributed by atoms with E-state index in [4.69, 9.17) is 14.6 Å². The number of carbonyl (C=O) groups excluding carboxylic acids is 1. The molecular weight excluding hydrogens is 447 g/mol. The molecule has 35 heavy (non-hydrogen) atoms. The molecule has 1 N–H and O–H groups in total. The first-order chi connectivity index (χ1) is 17.1. The molecule has 0 unspecified atom stereocenters. The molecule has 180 valence electrons. The maximum absolute atomic E-state index is 13.5. The lowest BCUT2D eigenvalue weighted by Gasteiger charge is -2.12. The van der Waals surface area contributed by atoms with Crippen LogP contribution in [0.1, 0.15) is 30.3 Å². The molecule has 7 nitrogen and oxygen atoms in total. The van der Waals surface area contributed by atoms with E-state index in [2.05, 4.69) is 10.3 Å². The lowest BCUT2D eigenvalue weighted by atomic mass is 10.1. The van der Waals surface area contributed by atoms with E-state index in [9.17, 15) is 9.18 Å². The average molecular weight is 475 g/mol. The van der Waals surface area contributed by atoms with Gasteiger partial charge in [-0.15, -0.1) is 0 Å². The van der Waals surface area contributed by atoms with Gasteiger partial charge in [0, 0.05) is 18.2 Å². The molecule has 4 rings (SSSR count). The second kappa shape index (κ2) is 11.3. The number of hydrogen-bond donors (Lipinski definition) is 1. The topological polar surface area (TPSA) is 78.3 Å². The summed E-state index contributed by atoms with van der Waals surface area (Å²) in [4.78, 5) is 16.8. The largest absolute Gasteiger partial charge is 0.497 e. The van der Waals surface area contributed by atoms with E-state index in [-0.39, 0.29) is 18.1 Å². The zero-order valence-corrected chi connectivity index (χ0v) is 19.7. The highest BCUT2D eigenvalue weighted by Gasteiger charge is 2.21. The Morgan fingerprint density at radius 1 is 1.03 bits per heavy atom. The standard InChI is InChI=1S/C27H27FN4O3/c1-3-25-24(15-16-26(33)30-18-20-6-4-5-17-29-20)27(35-23-11-7-19(28)8-12-23)32(31-25)21-9-13-22(34-2)14-10-21/h4-14,17H,3,15-16,18H2,1-2H3,(H,30,33). The first kappa shape index (κ1) is 23.9. The molecule has 8 heteroatoms. The van der Waals surface area contributed by atoms with Crippen LogP contribution in [0.4, 0.5) is 4.39 Å². The summed E-state index contributed by atoms with van der Waals surface area (Å²) in [5.74, 6) is 1.26. The number of aryl methyl sites for hydroxylation is 1. The number of aromatic nitrogens is 3. The number of hydrogen-bond acceptors (Lipinski definition) is 5. The van der Waals surface area contributed by atoms with Gasteiger partial charge in [0.15, 0.2) is 0 Å². The first-order valence-electron chi connectivity index (χ1n) is 11.4. The Morgan fingerprint density at radius 3 is 2.43 bits per heavy atom. The lowest BCUT2D eigenvalue weighted by molar-refractivity contribution is -0.121. The predicted molar refractivity (Wildman–Crippen MR) is 130 cm³/mol. The van der Waals surface area contributed by atoms with Crippen LogP contribution in [-0.4, -0.2) is 27.8 Å². The molecule has 0 atom stereocenters. The molecule has 2 aromatic heterocycles. The van der Waals surface area contributed by atoms with Crippen LogP contribution < -0.4 is 14.8 Å². The van der Waals surface area contributed by atoms with Crippen molar-refractivity contribution in [2.45, 2.75) is 32.7 Å². The minimum Gasteiger partial charge on any atom is -0.497 e. The zero-order valence-electron chi connectivity index (χ0n) is 19.7. The van der Waals surface area contributed by atoms with Gasteiger partial charge in [-0.3, -0.25) is 9.78 Å². The molecule has 1 amide bonds. The Balaban J connectivity index is 1.60. The van der Waals surface area contributed by atoms with E-state index >= 15 is 0 Å². The smallest absolute Gasteiger partial charge is 0.226 e. The number of pyridine rings is 1. The number of methoxy groups -OCH3 is 1. The van der Waals surface area contributed by atoms with Gasteiger partial charge in [-0.25, -0.2) is 9.07 Å². The molecule has 0 saturated heterocycles. The lowest BCUT2D eigenvalue weighted by Crippen LogP contribution is -2.23. The van der Waals surface area contributed by atoms with Gasteiger partial charge in [-0.1, -0.05) is 13.0 Å². The fourth-order valence-corrected chi connectivity index (χ4v) is 3.65. The summed E-state index contributed by atoms with van der Waals surface area (Å²) in [5, 5.41) is 7.68. The van der Waals surface area contributed by atoms with Crippen molar-refractivity contribution in [1.29, 1.82) is 0 Å². The summed E-state index contributed by atoms with van der Waals surface area (Å²) < 4.78 is 26.6. The Bertz CT molecular complexity index is 1260. The molecule has 0 aliphatic rings. The number of nitrogens with zero attached hydrogens (tertiary/aromatic N) is 3. The molecule has 0 aliphatic carbocycles. The van der Waals surface area contributed by atoms with E-state index in [1.807, 2.05) is 49.4 Å². The molecule has 0 bridgehead atoms. The highest BCUT2D eigenvalue weighted by atomic mass is 19.1. The van der Waals surface area contributed by atoms with Gasteiger partial charge >= 0.3 is 0 Å². The highest BCUT2D eigenvalue weighted by Crippen LogP contribution is 2.32. The number of ether oxygens (including phenoxy) is 2. The van der Waals surface area contributed by atoms with Gasteiger partial charge in [-0.05, 0) is 73.5 Å². The number of nitrogens with one attached hydrogen (secondary N) is 1. The van der Waals surface area contributed by atoms with Crippen LogP contribution in [0.2, 0.25) is 0 Å².